The van der Waals surface area contributed by atoms with Crippen LogP contribution in [0.25, 0.3) is 0 Å². The predicted molar refractivity (Wildman–Crippen MR) is 129 cm³/mol. The van der Waals surface area contributed by atoms with Crippen molar-refractivity contribution < 1.29 is 9.59 Å². The number of hydrazone groups is 1. The third-order valence-corrected chi connectivity index (χ3v) is 5.97. The summed E-state index contributed by atoms with van der Waals surface area (Å²) in [6.45, 7) is 1.82. The molecule has 0 spiro atoms. The third-order valence-electron chi connectivity index (χ3n) is 5.43. The molecular weight excluding hydrogens is 445 g/mol. The Morgan fingerprint density at radius 1 is 0.969 bits per heavy atom. The van der Waals surface area contributed by atoms with E-state index in [9.17, 15) is 9.59 Å². The summed E-state index contributed by atoms with van der Waals surface area (Å²) in [6.07, 6.45) is 0.844. The maximum absolute atomic E-state index is 12.4. The van der Waals surface area contributed by atoms with Crippen LogP contribution in [-0.4, -0.2) is 17.5 Å². The normalized spacial score (nSPS) is 17.5. The Morgan fingerprint density at radius 3 is 2.38 bits per heavy atom. The summed E-state index contributed by atoms with van der Waals surface area (Å²) in [5.74, 6) is -0.161. The van der Waals surface area contributed by atoms with Crippen molar-refractivity contribution >= 4 is 46.4 Å². The van der Waals surface area contributed by atoms with Crippen LogP contribution >= 0.6 is 23.2 Å². The maximum atomic E-state index is 12.4. The van der Waals surface area contributed by atoms with Crippen LogP contribution in [0.15, 0.2) is 77.9 Å². The molecule has 2 unspecified atom stereocenters. The molecule has 0 bridgehead atoms. The summed E-state index contributed by atoms with van der Waals surface area (Å²) in [6, 6.07) is 22.0. The Labute approximate surface area is 196 Å². The topological polar surface area (TPSA) is 70.6 Å². The number of carbonyl (C=O) groups excluding carboxylic acids is 2. The highest BCUT2D eigenvalue weighted by molar-refractivity contribution is 6.37. The highest BCUT2D eigenvalue weighted by Crippen LogP contribution is 2.47. The summed E-state index contributed by atoms with van der Waals surface area (Å²) in [7, 11) is 0. The van der Waals surface area contributed by atoms with Crippen LogP contribution in [0.3, 0.4) is 0 Å². The number of rotatable bonds is 6. The standard InChI is InChI=1S/C25H21Cl2N3O2/c1-15(29-30-25(32)22-14-21(22)17-5-3-2-4-6-17)16-7-10-19(11-8-16)28-24(31)20-12-9-18(26)13-23(20)27/h2-13,21-22H,14H2,1H3,(H,28,31)(H,30,32)/b29-15+. The number of halogens is 2. The fraction of sp³-hybridized carbons (Fsp3) is 0.160. The van der Waals surface area contributed by atoms with Gasteiger partial charge in [0.15, 0.2) is 0 Å². The van der Waals surface area contributed by atoms with E-state index in [1.54, 1.807) is 24.3 Å². The van der Waals surface area contributed by atoms with Crippen molar-refractivity contribution in [2.75, 3.05) is 5.32 Å². The molecule has 32 heavy (non-hydrogen) atoms. The first-order valence-corrected chi connectivity index (χ1v) is 10.9. The van der Waals surface area contributed by atoms with Gasteiger partial charge in [0.25, 0.3) is 5.91 Å². The van der Waals surface area contributed by atoms with E-state index in [1.807, 2.05) is 49.4 Å². The zero-order chi connectivity index (χ0) is 22.7. The van der Waals surface area contributed by atoms with E-state index in [0.717, 1.165) is 12.0 Å². The summed E-state index contributed by atoms with van der Waals surface area (Å²) in [4.78, 5) is 24.8. The first-order chi connectivity index (χ1) is 15.4. The number of nitrogens with zero attached hydrogens (tertiary/aromatic N) is 1. The molecule has 3 aromatic rings. The zero-order valence-corrected chi connectivity index (χ0v) is 18.8. The molecule has 1 fully saturated rings. The van der Waals surface area contributed by atoms with Crippen LogP contribution < -0.4 is 10.7 Å². The fourth-order valence-electron chi connectivity index (χ4n) is 3.51. The van der Waals surface area contributed by atoms with Crippen molar-refractivity contribution in [1.29, 1.82) is 0 Å². The number of amides is 2. The van der Waals surface area contributed by atoms with Gasteiger partial charge in [-0.3, -0.25) is 9.59 Å². The lowest BCUT2D eigenvalue weighted by Gasteiger charge is -2.08. The Balaban J connectivity index is 1.33. The highest BCUT2D eigenvalue weighted by Gasteiger charge is 2.43. The van der Waals surface area contributed by atoms with Crippen molar-refractivity contribution in [1.82, 2.24) is 5.43 Å². The first kappa shape index (κ1) is 22.1. The average molecular weight is 466 g/mol. The van der Waals surface area contributed by atoms with Gasteiger partial charge < -0.3 is 5.32 Å². The van der Waals surface area contributed by atoms with Gasteiger partial charge in [-0.1, -0.05) is 65.7 Å². The van der Waals surface area contributed by atoms with Crippen molar-refractivity contribution in [3.63, 3.8) is 0 Å². The fourth-order valence-corrected chi connectivity index (χ4v) is 4.00. The number of carbonyl (C=O) groups is 2. The van der Waals surface area contributed by atoms with E-state index in [4.69, 9.17) is 23.2 Å². The maximum Gasteiger partial charge on any atom is 0.257 e. The van der Waals surface area contributed by atoms with Gasteiger partial charge in [0.1, 0.15) is 0 Å². The lowest BCUT2D eigenvalue weighted by atomic mass is 10.1. The molecule has 4 rings (SSSR count). The van der Waals surface area contributed by atoms with E-state index in [-0.39, 0.29) is 28.7 Å². The Morgan fingerprint density at radius 2 is 1.69 bits per heavy atom. The molecule has 5 nitrogen and oxygen atoms in total. The van der Waals surface area contributed by atoms with Gasteiger partial charge in [-0.15, -0.1) is 0 Å². The smallest absolute Gasteiger partial charge is 0.257 e. The minimum absolute atomic E-state index is 0.0359. The zero-order valence-electron chi connectivity index (χ0n) is 17.3. The van der Waals surface area contributed by atoms with Gasteiger partial charge >= 0.3 is 0 Å². The second-order valence-electron chi connectivity index (χ2n) is 7.69. The van der Waals surface area contributed by atoms with Gasteiger partial charge in [-0.05, 0) is 60.7 Å². The van der Waals surface area contributed by atoms with Crippen LogP contribution in [0.4, 0.5) is 5.69 Å². The van der Waals surface area contributed by atoms with Crippen molar-refractivity contribution in [3.8, 4) is 0 Å². The number of hydrogen-bond acceptors (Lipinski definition) is 3. The van der Waals surface area contributed by atoms with E-state index >= 15 is 0 Å². The minimum Gasteiger partial charge on any atom is -0.322 e. The number of nitrogens with one attached hydrogen (secondary N) is 2. The van der Waals surface area contributed by atoms with E-state index < -0.39 is 0 Å². The van der Waals surface area contributed by atoms with Gasteiger partial charge in [0.05, 0.1) is 16.3 Å². The largest absolute Gasteiger partial charge is 0.322 e. The van der Waals surface area contributed by atoms with E-state index in [2.05, 4.69) is 15.8 Å². The second-order valence-corrected chi connectivity index (χ2v) is 8.53. The Hall–Kier alpha value is -3.15. The Kier molecular flexibility index (Phi) is 6.58. The van der Waals surface area contributed by atoms with E-state index in [1.165, 1.54) is 11.6 Å². The molecule has 1 aliphatic carbocycles. The van der Waals surface area contributed by atoms with Crippen molar-refractivity contribution in [3.05, 3.63) is 99.5 Å². The summed E-state index contributed by atoms with van der Waals surface area (Å²) >= 11 is 12.0. The molecule has 2 atom stereocenters. The van der Waals surface area contributed by atoms with Crippen molar-refractivity contribution in [2.45, 2.75) is 19.3 Å². The monoisotopic (exact) mass is 465 g/mol. The quantitative estimate of drug-likeness (QED) is 0.351. The summed E-state index contributed by atoms with van der Waals surface area (Å²) in [5.41, 5.74) is 6.33. The highest BCUT2D eigenvalue weighted by atomic mass is 35.5. The van der Waals surface area contributed by atoms with Gasteiger partial charge in [0.2, 0.25) is 5.91 Å². The number of anilines is 1. The molecule has 1 saturated carbocycles. The van der Waals surface area contributed by atoms with Gasteiger partial charge in [-0.25, -0.2) is 5.43 Å². The summed E-state index contributed by atoms with van der Waals surface area (Å²) < 4.78 is 0. The molecule has 2 N–H and O–H groups in total. The molecular formula is C25H21Cl2N3O2. The van der Waals surface area contributed by atoms with Crippen LogP contribution in [-0.2, 0) is 4.79 Å². The molecule has 7 heteroatoms. The van der Waals surface area contributed by atoms with Crippen LogP contribution in [0, 0.1) is 5.92 Å². The predicted octanol–water partition coefficient (Wildman–Crippen LogP) is 5.89. The molecule has 0 aliphatic heterocycles. The lowest BCUT2D eigenvalue weighted by molar-refractivity contribution is -0.122. The molecule has 0 heterocycles. The minimum atomic E-state index is -0.325. The lowest BCUT2D eigenvalue weighted by Crippen LogP contribution is -2.21. The van der Waals surface area contributed by atoms with E-state index in [0.29, 0.717) is 22.0 Å². The molecule has 0 saturated heterocycles. The Bertz CT molecular complexity index is 1180. The molecule has 162 valence electrons. The molecule has 1 aliphatic rings. The SMILES string of the molecule is C/C(=N\NC(=O)C1CC1c1ccccc1)c1ccc(NC(=O)c2ccc(Cl)cc2Cl)cc1. The molecule has 0 radical (unpaired) electrons. The van der Waals surface area contributed by atoms with Crippen LogP contribution in [0.2, 0.25) is 10.0 Å². The van der Waals surface area contributed by atoms with Gasteiger partial charge in [-0.2, -0.15) is 5.10 Å². The van der Waals surface area contributed by atoms with Crippen LogP contribution in [0.5, 0.6) is 0 Å². The molecule has 0 aromatic heterocycles. The second kappa shape index (κ2) is 9.55. The van der Waals surface area contributed by atoms with Crippen molar-refractivity contribution in [2.24, 2.45) is 11.0 Å². The molecule has 3 aromatic carbocycles. The number of benzene rings is 3. The number of hydrogen-bond donors (Lipinski definition) is 2. The van der Waals surface area contributed by atoms with Crippen LogP contribution in [0.1, 0.15) is 40.7 Å². The molecule has 2 amide bonds. The first-order valence-electron chi connectivity index (χ1n) is 10.2. The summed E-state index contributed by atoms with van der Waals surface area (Å²) in [5, 5.41) is 7.80. The third kappa shape index (κ3) is 5.18. The van der Waals surface area contributed by atoms with Gasteiger partial charge in [0, 0.05) is 16.6 Å². The average Bonchev–Trinajstić information content (AvgIpc) is 3.59.